The summed E-state index contributed by atoms with van der Waals surface area (Å²) in [4.78, 5) is 24.8. The number of nitro benzene ring substituents is 1. The summed E-state index contributed by atoms with van der Waals surface area (Å²) in [6.45, 7) is 1.09. The van der Waals surface area contributed by atoms with E-state index in [2.05, 4.69) is 0 Å². The first-order valence-electron chi connectivity index (χ1n) is 8.52. The van der Waals surface area contributed by atoms with E-state index in [1.54, 1.807) is 12.1 Å². The fourth-order valence-electron chi connectivity index (χ4n) is 3.56. The molecular formula is C18H23N3O3. The molecule has 1 aromatic heterocycles. The number of nitro groups is 1. The molecule has 1 aliphatic carbocycles. The third-order valence-electron chi connectivity index (χ3n) is 4.95. The molecule has 0 bridgehead atoms. The number of non-ortho nitro benzene ring substituents is 1. The molecule has 2 aromatic rings. The van der Waals surface area contributed by atoms with Crippen molar-refractivity contribution in [3.63, 3.8) is 0 Å². The lowest BCUT2D eigenvalue weighted by atomic mass is 9.89. The Labute approximate surface area is 141 Å². The quantitative estimate of drug-likeness (QED) is 0.622. The van der Waals surface area contributed by atoms with Gasteiger partial charge >= 0.3 is 0 Å². The number of amides is 1. The Balaban J connectivity index is 1.67. The van der Waals surface area contributed by atoms with Gasteiger partial charge in [-0.15, -0.1) is 0 Å². The third-order valence-corrected chi connectivity index (χ3v) is 4.95. The lowest BCUT2D eigenvalue weighted by Crippen LogP contribution is -2.34. The topological polar surface area (TPSA) is 68.4 Å². The van der Waals surface area contributed by atoms with Crippen LogP contribution in [0.1, 0.15) is 32.1 Å². The van der Waals surface area contributed by atoms with E-state index in [-0.39, 0.29) is 18.1 Å². The van der Waals surface area contributed by atoms with E-state index in [0.717, 1.165) is 17.4 Å². The van der Waals surface area contributed by atoms with Gasteiger partial charge in [0.05, 0.1) is 4.92 Å². The molecule has 1 fully saturated rings. The monoisotopic (exact) mass is 329 g/mol. The Hall–Kier alpha value is -2.37. The highest BCUT2D eigenvalue weighted by atomic mass is 16.6. The Morgan fingerprint density at radius 3 is 2.75 bits per heavy atom. The second-order valence-electron chi connectivity index (χ2n) is 6.72. The van der Waals surface area contributed by atoms with Crippen molar-refractivity contribution in [1.29, 1.82) is 0 Å². The molecule has 1 aliphatic rings. The van der Waals surface area contributed by atoms with Crippen molar-refractivity contribution in [3.05, 3.63) is 40.6 Å². The van der Waals surface area contributed by atoms with E-state index < -0.39 is 4.92 Å². The summed E-state index contributed by atoms with van der Waals surface area (Å²) in [6, 6.07) is 6.55. The number of carbonyl (C=O) groups is 1. The minimum atomic E-state index is -0.403. The molecular weight excluding hydrogens is 306 g/mol. The molecule has 6 heteroatoms. The molecule has 0 radical (unpaired) electrons. The van der Waals surface area contributed by atoms with Crippen LogP contribution >= 0.6 is 0 Å². The minimum Gasteiger partial charge on any atom is -0.344 e. The lowest BCUT2D eigenvalue weighted by Gasteiger charge is -2.27. The van der Waals surface area contributed by atoms with Gasteiger partial charge in [0, 0.05) is 42.8 Å². The molecule has 0 N–H and O–H groups in total. The van der Waals surface area contributed by atoms with Gasteiger partial charge in [-0.2, -0.15) is 0 Å². The zero-order valence-corrected chi connectivity index (χ0v) is 14.0. The third kappa shape index (κ3) is 3.58. The van der Waals surface area contributed by atoms with Gasteiger partial charge in [-0.05, 0) is 30.9 Å². The summed E-state index contributed by atoms with van der Waals surface area (Å²) in [5.74, 6) is 0.702. The molecule has 0 unspecified atom stereocenters. The Morgan fingerprint density at radius 1 is 1.29 bits per heavy atom. The number of rotatable bonds is 5. The van der Waals surface area contributed by atoms with Crippen LogP contribution in [0, 0.1) is 16.0 Å². The van der Waals surface area contributed by atoms with Crippen molar-refractivity contribution in [2.45, 2.75) is 38.6 Å². The highest BCUT2D eigenvalue weighted by Crippen LogP contribution is 2.25. The van der Waals surface area contributed by atoms with Crippen molar-refractivity contribution < 1.29 is 9.72 Å². The maximum absolute atomic E-state index is 12.5. The van der Waals surface area contributed by atoms with Crippen LogP contribution in [0.25, 0.3) is 10.9 Å². The summed E-state index contributed by atoms with van der Waals surface area (Å²) in [7, 11) is 1.87. The average molecular weight is 329 g/mol. The molecule has 1 amide bonds. The molecule has 128 valence electrons. The van der Waals surface area contributed by atoms with Crippen LogP contribution < -0.4 is 0 Å². The maximum atomic E-state index is 12.5. The van der Waals surface area contributed by atoms with E-state index in [1.807, 2.05) is 28.8 Å². The van der Waals surface area contributed by atoms with Crippen molar-refractivity contribution in [3.8, 4) is 0 Å². The van der Waals surface area contributed by atoms with Crippen LogP contribution in [0.5, 0.6) is 0 Å². The lowest BCUT2D eigenvalue weighted by molar-refractivity contribution is -0.384. The highest BCUT2D eigenvalue weighted by Gasteiger charge is 2.19. The van der Waals surface area contributed by atoms with Crippen molar-refractivity contribution >= 4 is 22.5 Å². The molecule has 6 nitrogen and oxygen atoms in total. The molecule has 1 saturated carbocycles. The number of aromatic nitrogens is 1. The first-order valence-corrected chi connectivity index (χ1v) is 8.52. The predicted molar refractivity (Wildman–Crippen MR) is 92.8 cm³/mol. The second kappa shape index (κ2) is 7.03. The van der Waals surface area contributed by atoms with Crippen LogP contribution in [-0.4, -0.2) is 33.9 Å². The zero-order valence-electron chi connectivity index (χ0n) is 14.0. The zero-order chi connectivity index (χ0) is 17.1. The first kappa shape index (κ1) is 16.5. The number of benzene rings is 1. The molecule has 0 atom stereocenters. The maximum Gasteiger partial charge on any atom is 0.270 e. The van der Waals surface area contributed by atoms with Crippen LogP contribution in [0.4, 0.5) is 5.69 Å². The summed E-state index contributed by atoms with van der Waals surface area (Å²) in [5.41, 5.74) is 0.918. The summed E-state index contributed by atoms with van der Waals surface area (Å²) in [5, 5.41) is 11.6. The van der Waals surface area contributed by atoms with Crippen LogP contribution in [0.3, 0.4) is 0 Å². The Morgan fingerprint density at radius 2 is 2.04 bits per heavy atom. The Bertz CT molecular complexity index is 747. The standard InChI is InChI=1S/C18H23N3O3/c1-19(12-14-5-3-2-4-6-14)18(22)13-20-10-9-15-11-16(21(23)24)7-8-17(15)20/h7-11,14H,2-6,12-13H2,1H3. The van der Waals surface area contributed by atoms with Gasteiger partial charge < -0.3 is 9.47 Å². The fourth-order valence-corrected chi connectivity index (χ4v) is 3.56. The fraction of sp³-hybridized carbons (Fsp3) is 0.500. The molecule has 3 rings (SSSR count). The molecule has 1 heterocycles. The number of likely N-dealkylation sites (N-methyl/N-ethyl adjacent to an activating group) is 1. The molecule has 0 aliphatic heterocycles. The van der Waals surface area contributed by atoms with Crippen LogP contribution in [0.2, 0.25) is 0 Å². The first-order chi connectivity index (χ1) is 11.5. The van der Waals surface area contributed by atoms with Gasteiger partial charge in [-0.1, -0.05) is 19.3 Å². The van der Waals surface area contributed by atoms with Crippen molar-refractivity contribution in [1.82, 2.24) is 9.47 Å². The summed E-state index contributed by atoms with van der Waals surface area (Å²) in [6.07, 6.45) is 8.11. The van der Waals surface area contributed by atoms with Crippen LogP contribution in [0.15, 0.2) is 30.5 Å². The van der Waals surface area contributed by atoms with Gasteiger partial charge in [0.1, 0.15) is 6.54 Å². The predicted octanol–water partition coefficient (Wildman–Crippen LogP) is 3.59. The minimum absolute atomic E-state index is 0.0704. The number of nitrogens with zero attached hydrogens (tertiary/aromatic N) is 3. The molecule has 1 aromatic carbocycles. The highest BCUT2D eigenvalue weighted by molar-refractivity contribution is 5.85. The van der Waals surface area contributed by atoms with Crippen molar-refractivity contribution in [2.75, 3.05) is 13.6 Å². The second-order valence-corrected chi connectivity index (χ2v) is 6.72. The van der Waals surface area contributed by atoms with Crippen molar-refractivity contribution in [2.24, 2.45) is 5.92 Å². The van der Waals surface area contributed by atoms with Gasteiger partial charge in [0.15, 0.2) is 0 Å². The molecule has 24 heavy (non-hydrogen) atoms. The van der Waals surface area contributed by atoms with Gasteiger partial charge in [-0.3, -0.25) is 14.9 Å². The van der Waals surface area contributed by atoms with Gasteiger partial charge in [-0.25, -0.2) is 0 Å². The smallest absolute Gasteiger partial charge is 0.270 e. The normalized spacial score (nSPS) is 15.5. The van der Waals surface area contributed by atoms with Gasteiger partial charge in [0.2, 0.25) is 5.91 Å². The largest absolute Gasteiger partial charge is 0.344 e. The number of carbonyl (C=O) groups excluding carboxylic acids is 1. The molecule has 0 saturated heterocycles. The number of fused-ring (bicyclic) bond motifs is 1. The SMILES string of the molecule is CN(CC1CCCCC1)C(=O)Cn1ccc2cc([N+](=O)[O-])ccc21. The van der Waals surface area contributed by atoms with E-state index in [0.29, 0.717) is 5.92 Å². The summed E-state index contributed by atoms with van der Waals surface area (Å²) < 4.78 is 1.86. The van der Waals surface area contributed by atoms with E-state index >= 15 is 0 Å². The van der Waals surface area contributed by atoms with Gasteiger partial charge in [0.25, 0.3) is 5.69 Å². The number of hydrogen-bond donors (Lipinski definition) is 0. The average Bonchev–Trinajstić information content (AvgIpc) is 2.98. The Kier molecular flexibility index (Phi) is 4.83. The van der Waals surface area contributed by atoms with Crippen LogP contribution in [-0.2, 0) is 11.3 Å². The summed E-state index contributed by atoms with van der Waals surface area (Å²) >= 11 is 0. The van der Waals surface area contributed by atoms with E-state index in [9.17, 15) is 14.9 Å². The molecule has 0 spiro atoms. The van der Waals surface area contributed by atoms with E-state index in [4.69, 9.17) is 0 Å². The van der Waals surface area contributed by atoms with E-state index in [1.165, 1.54) is 38.2 Å². The number of hydrogen-bond acceptors (Lipinski definition) is 3.